The first kappa shape index (κ1) is 18.7. The summed E-state index contributed by atoms with van der Waals surface area (Å²) in [5.74, 6) is 0.616. The Hall–Kier alpha value is -2.63. The van der Waals surface area contributed by atoms with Gasteiger partial charge in [0.15, 0.2) is 0 Å². The molecule has 0 saturated heterocycles. The van der Waals surface area contributed by atoms with Crippen molar-refractivity contribution in [1.29, 1.82) is 0 Å². The molecule has 0 unspecified atom stereocenters. The number of halogens is 2. The SMILES string of the molecule is CCc1ccc(OCc2c(NC(=O)OC)cccc2C(F)F)c(C)c1. The van der Waals surface area contributed by atoms with Crippen molar-refractivity contribution in [2.24, 2.45) is 0 Å². The first-order valence-electron chi connectivity index (χ1n) is 7.93. The minimum atomic E-state index is -2.68. The number of nitrogens with one attached hydrogen (secondary N) is 1. The first-order valence-corrected chi connectivity index (χ1v) is 7.93. The quantitative estimate of drug-likeness (QED) is 0.774. The normalized spacial score (nSPS) is 10.6. The van der Waals surface area contributed by atoms with Gasteiger partial charge in [-0.3, -0.25) is 5.32 Å². The van der Waals surface area contributed by atoms with Gasteiger partial charge in [0.1, 0.15) is 12.4 Å². The maximum atomic E-state index is 13.3. The fourth-order valence-electron chi connectivity index (χ4n) is 2.49. The number of methoxy groups -OCH3 is 1. The lowest BCUT2D eigenvalue weighted by molar-refractivity contribution is 0.148. The number of aryl methyl sites for hydroxylation is 2. The Morgan fingerprint density at radius 2 is 2.00 bits per heavy atom. The largest absolute Gasteiger partial charge is 0.489 e. The smallest absolute Gasteiger partial charge is 0.411 e. The molecule has 2 aromatic rings. The topological polar surface area (TPSA) is 47.6 Å². The number of carbonyl (C=O) groups is 1. The molecular weight excluding hydrogens is 328 g/mol. The van der Waals surface area contributed by atoms with Crippen LogP contribution in [0, 0.1) is 6.92 Å². The van der Waals surface area contributed by atoms with Gasteiger partial charge in [0.25, 0.3) is 6.43 Å². The molecule has 0 aliphatic carbocycles. The number of anilines is 1. The molecule has 4 nitrogen and oxygen atoms in total. The molecule has 0 spiro atoms. The summed E-state index contributed by atoms with van der Waals surface area (Å²) in [4.78, 5) is 11.5. The van der Waals surface area contributed by atoms with E-state index >= 15 is 0 Å². The Bertz CT molecular complexity index is 747. The highest BCUT2D eigenvalue weighted by atomic mass is 19.3. The predicted octanol–water partition coefficient (Wildman–Crippen LogP) is 5.25. The molecule has 0 fully saturated rings. The van der Waals surface area contributed by atoms with Gasteiger partial charge in [0, 0.05) is 11.1 Å². The van der Waals surface area contributed by atoms with Crippen LogP contribution in [0.1, 0.15) is 35.6 Å². The van der Waals surface area contributed by atoms with Crippen LogP contribution in [0.4, 0.5) is 19.3 Å². The molecule has 134 valence electrons. The predicted molar refractivity (Wildman–Crippen MR) is 92.3 cm³/mol. The summed E-state index contributed by atoms with van der Waals surface area (Å²) in [5.41, 5.74) is 2.38. The van der Waals surface area contributed by atoms with Gasteiger partial charge in [-0.1, -0.05) is 31.2 Å². The van der Waals surface area contributed by atoms with Crippen molar-refractivity contribution in [3.05, 3.63) is 58.7 Å². The van der Waals surface area contributed by atoms with Crippen molar-refractivity contribution < 1.29 is 23.0 Å². The average molecular weight is 349 g/mol. The number of ether oxygens (including phenoxy) is 2. The highest BCUT2D eigenvalue weighted by molar-refractivity contribution is 5.85. The fraction of sp³-hybridized carbons (Fsp3) is 0.316. The standard InChI is InChI=1S/C19H21F2NO3/c1-4-13-8-9-17(12(2)10-13)25-11-15-14(18(20)21)6-5-7-16(15)22-19(23)24-3/h5-10,18H,4,11H2,1-3H3,(H,22,23). The molecule has 0 atom stereocenters. The lowest BCUT2D eigenvalue weighted by Crippen LogP contribution is -2.14. The van der Waals surface area contributed by atoms with Gasteiger partial charge in [-0.2, -0.15) is 0 Å². The second-order valence-electron chi connectivity index (χ2n) is 5.53. The van der Waals surface area contributed by atoms with Gasteiger partial charge in [-0.05, 0) is 36.6 Å². The number of alkyl halides is 2. The molecule has 0 radical (unpaired) electrons. The summed E-state index contributed by atoms with van der Waals surface area (Å²) in [7, 11) is 1.21. The number of hydrogen-bond acceptors (Lipinski definition) is 3. The zero-order valence-corrected chi connectivity index (χ0v) is 14.4. The van der Waals surface area contributed by atoms with Crippen LogP contribution >= 0.6 is 0 Å². The van der Waals surface area contributed by atoms with E-state index in [1.165, 1.54) is 30.9 Å². The molecule has 6 heteroatoms. The number of hydrogen-bond donors (Lipinski definition) is 1. The fourth-order valence-corrected chi connectivity index (χ4v) is 2.49. The zero-order valence-electron chi connectivity index (χ0n) is 14.4. The summed E-state index contributed by atoms with van der Waals surface area (Å²) in [6.45, 7) is 3.87. The van der Waals surface area contributed by atoms with Crippen LogP contribution in [0.15, 0.2) is 36.4 Å². The summed E-state index contributed by atoms with van der Waals surface area (Å²) >= 11 is 0. The molecule has 2 aromatic carbocycles. The van der Waals surface area contributed by atoms with Gasteiger partial charge < -0.3 is 9.47 Å². The second-order valence-corrected chi connectivity index (χ2v) is 5.53. The summed E-state index contributed by atoms with van der Waals surface area (Å²) in [6.07, 6.45) is -2.50. The van der Waals surface area contributed by atoms with Gasteiger partial charge in [-0.15, -0.1) is 0 Å². The van der Waals surface area contributed by atoms with E-state index in [0.29, 0.717) is 5.75 Å². The van der Waals surface area contributed by atoms with E-state index in [1.807, 2.05) is 25.1 Å². The second kappa shape index (κ2) is 8.46. The van der Waals surface area contributed by atoms with Crippen molar-refractivity contribution >= 4 is 11.8 Å². The number of rotatable bonds is 6. The molecule has 2 rings (SSSR count). The third kappa shape index (κ3) is 4.68. The molecule has 0 aliphatic heterocycles. The van der Waals surface area contributed by atoms with Crippen molar-refractivity contribution in [3.8, 4) is 5.75 Å². The van der Waals surface area contributed by atoms with E-state index in [0.717, 1.165) is 12.0 Å². The van der Waals surface area contributed by atoms with Crippen LogP contribution < -0.4 is 10.1 Å². The van der Waals surface area contributed by atoms with Gasteiger partial charge >= 0.3 is 6.09 Å². The molecule has 0 saturated carbocycles. The van der Waals surface area contributed by atoms with Crippen LogP contribution in [0.3, 0.4) is 0 Å². The molecule has 0 heterocycles. The Kier molecular flexibility index (Phi) is 6.33. The van der Waals surface area contributed by atoms with Crippen LogP contribution in [-0.2, 0) is 17.8 Å². The molecule has 0 aromatic heterocycles. The maximum Gasteiger partial charge on any atom is 0.411 e. The lowest BCUT2D eigenvalue weighted by Gasteiger charge is -2.17. The zero-order chi connectivity index (χ0) is 18.4. The molecule has 1 N–H and O–H groups in total. The van der Waals surface area contributed by atoms with E-state index < -0.39 is 12.5 Å². The molecule has 1 amide bonds. The molecule has 0 bridgehead atoms. The Morgan fingerprint density at radius 1 is 1.24 bits per heavy atom. The van der Waals surface area contributed by atoms with Crippen molar-refractivity contribution in [1.82, 2.24) is 0 Å². The Morgan fingerprint density at radius 3 is 2.60 bits per heavy atom. The van der Waals surface area contributed by atoms with Crippen molar-refractivity contribution in [2.75, 3.05) is 12.4 Å². The molecule has 25 heavy (non-hydrogen) atoms. The van der Waals surface area contributed by atoms with Crippen LogP contribution in [0.2, 0.25) is 0 Å². The van der Waals surface area contributed by atoms with E-state index in [4.69, 9.17) is 4.74 Å². The number of carbonyl (C=O) groups excluding carboxylic acids is 1. The summed E-state index contributed by atoms with van der Waals surface area (Å²) in [5, 5.41) is 2.45. The molecule has 0 aliphatic rings. The van der Waals surface area contributed by atoms with Gasteiger partial charge in [0.05, 0.1) is 12.8 Å². The average Bonchev–Trinajstić information content (AvgIpc) is 2.60. The number of amides is 1. The third-order valence-electron chi connectivity index (χ3n) is 3.89. The first-order chi connectivity index (χ1) is 12.0. The Labute approximate surface area is 145 Å². The van der Waals surface area contributed by atoms with Crippen LogP contribution in [-0.4, -0.2) is 13.2 Å². The monoisotopic (exact) mass is 349 g/mol. The highest BCUT2D eigenvalue weighted by Gasteiger charge is 2.18. The van der Waals surface area contributed by atoms with Crippen molar-refractivity contribution in [2.45, 2.75) is 33.3 Å². The number of benzene rings is 2. The minimum absolute atomic E-state index is 0.0911. The van der Waals surface area contributed by atoms with E-state index in [-0.39, 0.29) is 23.4 Å². The van der Waals surface area contributed by atoms with Gasteiger partial charge in [0.2, 0.25) is 0 Å². The van der Waals surface area contributed by atoms with Crippen LogP contribution in [0.5, 0.6) is 5.75 Å². The third-order valence-corrected chi connectivity index (χ3v) is 3.89. The van der Waals surface area contributed by atoms with E-state index in [9.17, 15) is 13.6 Å². The van der Waals surface area contributed by atoms with Gasteiger partial charge in [-0.25, -0.2) is 13.6 Å². The lowest BCUT2D eigenvalue weighted by atomic mass is 10.1. The Balaban J connectivity index is 2.29. The molecular formula is C19H21F2NO3. The highest BCUT2D eigenvalue weighted by Crippen LogP contribution is 2.30. The summed E-state index contributed by atoms with van der Waals surface area (Å²) < 4.78 is 36.9. The van der Waals surface area contributed by atoms with Crippen LogP contribution in [0.25, 0.3) is 0 Å². The van der Waals surface area contributed by atoms with E-state index in [1.54, 1.807) is 0 Å². The minimum Gasteiger partial charge on any atom is -0.489 e. The van der Waals surface area contributed by atoms with E-state index in [2.05, 4.69) is 17.0 Å². The summed E-state index contributed by atoms with van der Waals surface area (Å²) in [6, 6.07) is 10.1. The van der Waals surface area contributed by atoms with Crippen molar-refractivity contribution in [3.63, 3.8) is 0 Å². The maximum absolute atomic E-state index is 13.3.